The standard InChI is InChI=1S/C29H24ClN3O4S/c1-35-26-17-19(8-13-25(26)37-15-5-14-36-22-11-9-21(30)10-12-22)16-23-27(31)33-24(20-6-3-2-4-7-20)18-38-29(33)32-28(23)34/h2-4,6-13,16-18,31H,5,14-15H2,1H3/b23-16+,31-27?. The van der Waals surface area contributed by atoms with Gasteiger partial charge in [-0.2, -0.15) is 4.99 Å². The van der Waals surface area contributed by atoms with Crippen LogP contribution in [0.15, 0.2) is 88.8 Å². The maximum Gasteiger partial charge on any atom is 0.283 e. The van der Waals surface area contributed by atoms with Gasteiger partial charge in [-0.25, -0.2) is 0 Å². The Morgan fingerprint density at radius 3 is 2.53 bits per heavy atom. The molecule has 0 bridgehead atoms. The van der Waals surface area contributed by atoms with Gasteiger partial charge < -0.3 is 14.2 Å². The van der Waals surface area contributed by atoms with E-state index in [1.165, 1.54) is 11.8 Å². The van der Waals surface area contributed by atoms with Crippen LogP contribution in [0, 0.1) is 5.41 Å². The van der Waals surface area contributed by atoms with E-state index in [2.05, 4.69) is 4.99 Å². The average Bonchev–Trinajstić information content (AvgIpc) is 3.36. The topological polar surface area (TPSA) is 84.2 Å². The van der Waals surface area contributed by atoms with Crippen molar-refractivity contribution in [1.29, 1.82) is 5.41 Å². The molecule has 1 N–H and O–H groups in total. The Morgan fingerprint density at radius 2 is 1.76 bits per heavy atom. The molecule has 2 heterocycles. The average molecular weight is 546 g/mol. The zero-order valence-corrected chi connectivity index (χ0v) is 22.1. The Bertz CT molecular complexity index is 1450. The van der Waals surface area contributed by atoms with Crippen LogP contribution in [0.3, 0.4) is 0 Å². The fourth-order valence-electron chi connectivity index (χ4n) is 3.94. The number of benzene rings is 3. The number of rotatable bonds is 9. The first-order valence-corrected chi connectivity index (χ1v) is 13.1. The van der Waals surface area contributed by atoms with Crippen LogP contribution in [0.25, 0.3) is 11.8 Å². The van der Waals surface area contributed by atoms with Crippen LogP contribution in [-0.2, 0) is 4.79 Å². The molecule has 0 radical (unpaired) electrons. The number of methoxy groups -OCH3 is 1. The molecule has 2 aliphatic heterocycles. The molecule has 3 aromatic carbocycles. The Labute approximate surface area is 229 Å². The van der Waals surface area contributed by atoms with E-state index in [0.29, 0.717) is 46.9 Å². The van der Waals surface area contributed by atoms with Gasteiger partial charge in [-0.05, 0) is 53.6 Å². The van der Waals surface area contributed by atoms with Crippen LogP contribution >= 0.6 is 23.4 Å². The number of aliphatic imine (C=N–C) groups is 1. The summed E-state index contributed by atoms with van der Waals surface area (Å²) in [5.41, 5.74) is 2.67. The van der Waals surface area contributed by atoms with Crippen molar-refractivity contribution in [3.8, 4) is 17.2 Å². The van der Waals surface area contributed by atoms with Gasteiger partial charge in [0.15, 0.2) is 16.7 Å². The molecular weight excluding hydrogens is 522 g/mol. The summed E-state index contributed by atoms with van der Waals surface area (Å²) in [6.45, 7) is 0.932. The van der Waals surface area contributed by atoms with E-state index in [1.54, 1.807) is 42.4 Å². The summed E-state index contributed by atoms with van der Waals surface area (Å²) in [7, 11) is 1.56. The van der Waals surface area contributed by atoms with Gasteiger partial charge in [0.05, 0.1) is 31.6 Å². The van der Waals surface area contributed by atoms with E-state index < -0.39 is 5.91 Å². The maximum atomic E-state index is 12.8. The number of thioether (sulfide) groups is 1. The molecule has 192 valence electrons. The number of nitrogens with zero attached hydrogens (tertiary/aromatic N) is 2. The second-order valence-corrected chi connectivity index (χ2v) is 9.62. The highest BCUT2D eigenvalue weighted by atomic mass is 35.5. The van der Waals surface area contributed by atoms with Gasteiger partial charge in [0.2, 0.25) is 0 Å². The third-order valence-corrected chi connectivity index (χ3v) is 6.89. The molecule has 9 heteroatoms. The summed E-state index contributed by atoms with van der Waals surface area (Å²) < 4.78 is 17.1. The molecule has 0 saturated carbocycles. The van der Waals surface area contributed by atoms with Gasteiger partial charge in [0.1, 0.15) is 11.6 Å². The maximum absolute atomic E-state index is 12.8. The number of ether oxygens (including phenoxy) is 3. The largest absolute Gasteiger partial charge is 0.493 e. The molecule has 0 aromatic heterocycles. The summed E-state index contributed by atoms with van der Waals surface area (Å²) in [4.78, 5) is 18.7. The quantitative estimate of drug-likeness (QED) is 0.244. The zero-order valence-electron chi connectivity index (χ0n) is 20.5. The Kier molecular flexibility index (Phi) is 7.81. The van der Waals surface area contributed by atoms with Crippen molar-refractivity contribution < 1.29 is 19.0 Å². The first kappa shape index (κ1) is 25.6. The summed E-state index contributed by atoms with van der Waals surface area (Å²) in [5, 5.41) is 11.9. The number of carbonyl (C=O) groups excluding carboxylic acids is 1. The lowest BCUT2D eigenvalue weighted by Gasteiger charge is -2.27. The van der Waals surface area contributed by atoms with Crippen LogP contribution in [-0.4, -0.2) is 42.1 Å². The van der Waals surface area contributed by atoms with Crippen molar-refractivity contribution in [3.05, 3.63) is 99.9 Å². The molecule has 0 unspecified atom stereocenters. The number of amidine groups is 2. The predicted molar refractivity (Wildman–Crippen MR) is 152 cm³/mol. The predicted octanol–water partition coefficient (Wildman–Crippen LogP) is 6.50. The Hall–Kier alpha value is -4.01. The fourth-order valence-corrected chi connectivity index (χ4v) is 4.95. The van der Waals surface area contributed by atoms with Gasteiger partial charge >= 0.3 is 0 Å². The van der Waals surface area contributed by atoms with Crippen molar-refractivity contribution in [1.82, 2.24) is 4.90 Å². The molecule has 0 fully saturated rings. The number of hydrogen-bond donors (Lipinski definition) is 1. The zero-order chi connectivity index (χ0) is 26.5. The molecule has 7 nitrogen and oxygen atoms in total. The van der Waals surface area contributed by atoms with Crippen molar-refractivity contribution in [3.63, 3.8) is 0 Å². The third-order valence-electron chi connectivity index (χ3n) is 5.81. The molecule has 0 atom stereocenters. The van der Waals surface area contributed by atoms with Crippen molar-refractivity contribution in [2.24, 2.45) is 4.99 Å². The summed E-state index contributed by atoms with van der Waals surface area (Å²) in [5.74, 6) is 1.49. The van der Waals surface area contributed by atoms with Gasteiger partial charge in [-0.15, -0.1) is 0 Å². The van der Waals surface area contributed by atoms with Crippen molar-refractivity contribution in [2.45, 2.75) is 6.42 Å². The lowest BCUT2D eigenvalue weighted by atomic mass is 10.1. The van der Waals surface area contributed by atoms with Gasteiger partial charge in [0.25, 0.3) is 5.91 Å². The first-order chi connectivity index (χ1) is 18.5. The SMILES string of the molecule is COc1cc(/C=C2\C(=N)N3C(c4ccccc4)=CSC3=NC2=O)ccc1OCCCOc1ccc(Cl)cc1. The number of carbonyl (C=O) groups is 1. The Morgan fingerprint density at radius 1 is 1.00 bits per heavy atom. The highest BCUT2D eigenvalue weighted by molar-refractivity contribution is 8.17. The normalized spacial score (nSPS) is 15.7. The summed E-state index contributed by atoms with van der Waals surface area (Å²) in [6.07, 6.45) is 2.33. The number of halogens is 1. The van der Waals surface area contributed by atoms with E-state index in [4.69, 9.17) is 31.2 Å². The van der Waals surface area contributed by atoms with E-state index in [0.717, 1.165) is 17.0 Å². The van der Waals surface area contributed by atoms with Gasteiger partial charge in [-0.3, -0.25) is 15.1 Å². The van der Waals surface area contributed by atoms with Crippen molar-refractivity contribution in [2.75, 3.05) is 20.3 Å². The molecule has 5 rings (SSSR count). The number of amides is 1. The second kappa shape index (κ2) is 11.6. The lowest BCUT2D eigenvalue weighted by Crippen LogP contribution is -2.38. The van der Waals surface area contributed by atoms with E-state index in [1.807, 2.05) is 53.9 Å². The third kappa shape index (κ3) is 5.61. The number of fused-ring (bicyclic) bond motifs is 1. The minimum atomic E-state index is -0.448. The molecule has 0 saturated heterocycles. The van der Waals surface area contributed by atoms with Crippen LogP contribution in [0.1, 0.15) is 17.5 Å². The molecule has 38 heavy (non-hydrogen) atoms. The minimum absolute atomic E-state index is 0.0834. The van der Waals surface area contributed by atoms with E-state index in [9.17, 15) is 4.79 Å². The smallest absolute Gasteiger partial charge is 0.283 e. The summed E-state index contributed by atoms with van der Waals surface area (Å²) in [6, 6.07) is 22.4. The monoisotopic (exact) mass is 545 g/mol. The van der Waals surface area contributed by atoms with Crippen LogP contribution in [0.2, 0.25) is 5.02 Å². The van der Waals surface area contributed by atoms with Crippen molar-refractivity contribution >= 4 is 52.0 Å². The lowest BCUT2D eigenvalue weighted by molar-refractivity contribution is -0.114. The molecule has 2 aliphatic rings. The molecule has 0 spiro atoms. The highest BCUT2D eigenvalue weighted by Gasteiger charge is 2.36. The van der Waals surface area contributed by atoms with Crippen LogP contribution in [0.4, 0.5) is 0 Å². The van der Waals surface area contributed by atoms with E-state index in [-0.39, 0.29) is 11.4 Å². The summed E-state index contributed by atoms with van der Waals surface area (Å²) >= 11 is 7.23. The molecule has 0 aliphatic carbocycles. The first-order valence-electron chi connectivity index (χ1n) is 11.9. The molecular formula is C29H24ClN3O4S. The molecule has 1 amide bonds. The van der Waals surface area contributed by atoms with E-state index >= 15 is 0 Å². The Balaban J connectivity index is 1.26. The fraction of sp³-hybridized carbons (Fsp3) is 0.138. The highest BCUT2D eigenvalue weighted by Crippen LogP contribution is 2.37. The van der Waals surface area contributed by atoms with Crippen LogP contribution in [0.5, 0.6) is 17.2 Å². The van der Waals surface area contributed by atoms with Gasteiger partial charge in [-0.1, -0.05) is 59.8 Å². The van der Waals surface area contributed by atoms with Gasteiger partial charge in [0, 0.05) is 16.9 Å². The molecule has 3 aromatic rings. The number of hydrogen-bond acceptors (Lipinski definition) is 6. The number of nitrogens with one attached hydrogen (secondary N) is 1. The van der Waals surface area contributed by atoms with Crippen LogP contribution < -0.4 is 14.2 Å². The minimum Gasteiger partial charge on any atom is -0.493 e. The second-order valence-electron chi connectivity index (χ2n) is 8.34.